The van der Waals surface area contributed by atoms with Crippen LogP contribution in [0.5, 0.6) is 0 Å². The molecule has 10 nitrogen and oxygen atoms in total. The third-order valence-corrected chi connectivity index (χ3v) is 6.44. The second-order valence-corrected chi connectivity index (χ2v) is 8.92. The average molecular weight is 390 g/mol. The fourth-order valence-corrected chi connectivity index (χ4v) is 5.07. The molecule has 2 saturated carbocycles. The van der Waals surface area contributed by atoms with Crippen LogP contribution >= 0.6 is 19.2 Å². The maximum Gasteiger partial charge on any atom is 0.325 e. The molecular formula is C13H17ClN5O5P. The van der Waals surface area contributed by atoms with Crippen LogP contribution in [0.25, 0.3) is 11.2 Å². The molecule has 2 aliphatic rings. The van der Waals surface area contributed by atoms with Crippen LogP contribution in [-0.2, 0) is 4.57 Å². The standard InChI is InChI=1S/C13H17ClN5O5P/c14-12-17-10(15)6-11(18-12)19(4-16-6)7-5-3-13(5,9(21)8(7)20)1-2-25(22,23)24/h4-5,7-9,20-21H,1-3H2,(H2,15,17,18)(H2,22,23,24)/t5-,7-,8+,9+,13-/m1/s1. The second kappa shape index (κ2) is 5.35. The van der Waals surface area contributed by atoms with Gasteiger partial charge >= 0.3 is 7.60 Å². The molecule has 2 fully saturated rings. The van der Waals surface area contributed by atoms with E-state index in [4.69, 9.17) is 27.1 Å². The first-order valence-corrected chi connectivity index (χ1v) is 9.88. The van der Waals surface area contributed by atoms with Crippen LogP contribution in [0, 0.1) is 11.3 Å². The molecule has 6 N–H and O–H groups in total. The molecule has 2 aromatic rings. The highest BCUT2D eigenvalue weighted by molar-refractivity contribution is 7.51. The van der Waals surface area contributed by atoms with Crippen LogP contribution in [-0.4, -0.2) is 57.9 Å². The van der Waals surface area contributed by atoms with Gasteiger partial charge in [-0.2, -0.15) is 9.97 Å². The molecule has 136 valence electrons. The van der Waals surface area contributed by atoms with Crippen molar-refractivity contribution in [1.29, 1.82) is 0 Å². The van der Waals surface area contributed by atoms with E-state index in [1.807, 2.05) is 0 Å². The highest BCUT2D eigenvalue weighted by Crippen LogP contribution is 2.70. The third-order valence-electron chi connectivity index (χ3n) is 5.46. The average Bonchev–Trinajstić information content (AvgIpc) is 3.01. The zero-order valence-corrected chi connectivity index (χ0v) is 14.5. The minimum Gasteiger partial charge on any atom is -0.390 e. The van der Waals surface area contributed by atoms with Gasteiger partial charge in [0.2, 0.25) is 5.28 Å². The highest BCUT2D eigenvalue weighted by atomic mass is 35.5. The van der Waals surface area contributed by atoms with E-state index in [1.165, 1.54) is 6.33 Å². The first-order chi connectivity index (χ1) is 11.6. The number of hydrogen-bond donors (Lipinski definition) is 5. The number of hydrogen-bond acceptors (Lipinski definition) is 7. The van der Waals surface area contributed by atoms with Crippen molar-refractivity contribution in [3.05, 3.63) is 11.6 Å². The first-order valence-electron chi connectivity index (χ1n) is 7.70. The number of rotatable bonds is 4. The van der Waals surface area contributed by atoms with Gasteiger partial charge in [0.15, 0.2) is 11.5 Å². The lowest BCUT2D eigenvalue weighted by Gasteiger charge is -2.24. The molecular weight excluding hydrogens is 373 g/mol. The second-order valence-electron chi connectivity index (χ2n) is 6.81. The molecule has 4 rings (SSSR count). The van der Waals surface area contributed by atoms with E-state index >= 15 is 0 Å². The molecule has 2 aromatic heterocycles. The Labute approximate surface area is 146 Å². The Bertz CT molecular complexity index is 902. The number of nitrogen functional groups attached to an aromatic ring is 1. The smallest absolute Gasteiger partial charge is 0.325 e. The van der Waals surface area contributed by atoms with Gasteiger partial charge in [-0.25, -0.2) is 4.98 Å². The van der Waals surface area contributed by atoms with Gasteiger partial charge in [-0.05, 0) is 30.4 Å². The third kappa shape index (κ3) is 2.56. The van der Waals surface area contributed by atoms with Gasteiger partial charge in [0.25, 0.3) is 0 Å². The zero-order valence-electron chi connectivity index (χ0n) is 12.9. The number of nitrogens with two attached hydrogens (primary N) is 1. The Hall–Kier alpha value is -1.29. The Kier molecular flexibility index (Phi) is 3.67. The summed E-state index contributed by atoms with van der Waals surface area (Å²) >= 11 is 5.86. The maximum atomic E-state index is 11.2. The van der Waals surface area contributed by atoms with E-state index in [-0.39, 0.29) is 29.6 Å². The number of aliphatic hydroxyl groups is 2. The molecule has 0 bridgehead atoms. The number of aromatic nitrogens is 4. The van der Waals surface area contributed by atoms with Crippen molar-refractivity contribution in [3.8, 4) is 0 Å². The number of nitrogens with zero attached hydrogens (tertiary/aromatic N) is 4. The van der Waals surface area contributed by atoms with E-state index < -0.39 is 31.3 Å². The lowest BCUT2D eigenvalue weighted by atomic mass is 9.96. The topological polar surface area (TPSA) is 168 Å². The lowest BCUT2D eigenvalue weighted by Crippen LogP contribution is -2.34. The summed E-state index contributed by atoms with van der Waals surface area (Å²) in [6.07, 6.45) is -0.357. The predicted octanol–water partition coefficient (Wildman–Crippen LogP) is -0.0875. The summed E-state index contributed by atoms with van der Waals surface area (Å²) in [6.45, 7) is 0. The monoisotopic (exact) mass is 389 g/mol. The molecule has 2 aliphatic carbocycles. The number of aliphatic hydroxyl groups excluding tert-OH is 2. The molecule has 0 spiro atoms. The van der Waals surface area contributed by atoms with Gasteiger partial charge in [-0.1, -0.05) is 0 Å². The molecule has 25 heavy (non-hydrogen) atoms. The molecule has 2 heterocycles. The number of halogens is 1. The summed E-state index contributed by atoms with van der Waals surface area (Å²) in [6, 6.07) is -0.526. The first kappa shape index (κ1) is 17.1. The minimum atomic E-state index is -4.18. The van der Waals surface area contributed by atoms with Crippen LogP contribution in [0.4, 0.5) is 5.82 Å². The number of fused-ring (bicyclic) bond motifs is 2. The molecule has 12 heteroatoms. The molecule has 5 atom stereocenters. The Morgan fingerprint density at radius 3 is 2.80 bits per heavy atom. The van der Waals surface area contributed by atoms with E-state index in [9.17, 15) is 14.8 Å². The molecule has 0 saturated heterocycles. The summed E-state index contributed by atoms with van der Waals surface area (Å²) in [4.78, 5) is 30.4. The van der Waals surface area contributed by atoms with Crippen molar-refractivity contribution in [1.82, 2.24) is 19.5 Å². The largest absolute Gasteiger partial charge is 0.390 e. The van der Waals surface area contributed by atoms with Crippen molar-refractivity contribution >= 4 is 36.2 Å². The lowest BCUT2D eigenvalue weighted by molar-refractivity contribution is -0.0183. The summed E-state index contributed by atoms with van der Waals surface area (Å²) in [7, 11) is -4.18. The van der Waals surface area contributed by atoms with Crippen molar-refractivity contribution < 1.29 is 24.6 Å². The van der Waals surface area contributed by atoms with Crippen molar-refractivity contribution in [2.24, 2.45) is 11.3 Å². The van der Waals surface area contributed by atoms with Crippen LogP contribution < -0.4 is 5.73 Å². The van der Waals surface area contributed by atoms with E-state index in [0.29, 0.717) is 17.6 Å². The summed E-state index contributed by atoms with van der Waals surface area (Å²) in [5, 5.41) is 21.0. The molecule has 0 amide bonds. The Balaban J connectivity index is 1.70. The Morgan fingerprint density at radius 1 is 1.40 bits per heavy atom. The van der Waals surface area contributed by atoms with Crippen LogP contribution in [0.3, 0.4) is 0 Å². The van der Waals surface area contributed by atoms with Crippen molar-refractivity contribution in [2.75, 3.05) is 11.9 Å². The highest BCUT2D eigenvalue weighted by Gasteiger charge is 2.71. The number of anilines is 1. The van der Waals surface area contributed by atoms with E-state index in [2.05, 4.69) is 15.0 Å². The van der Waals surface area contributed by atoms with Gasteiger partial charge in [0.1, 0.15) is 11.6 Å². The molecule has 0 unspecified atom stereocenters. The quantitative estimate of drug-likeness (QED) is 0.354. The van der Waals surface area contributed by atoms with Crippen LogP contribution in [0.1, 0.15) is 18.9 Å². The molecule has 0 aliphatic heterocycles. The van der Waals surface area contributed by atoms with Gasteiger partial charge in [-0.15, -0.1) is 0 Å². The SMILES string of the molecule is Nc1nc(Cl)nc2c1ncn2[C@H]1[C@H](O)[C@H](O)[C@]2(CCP(=O)(O)O)C[C@H]12. The minimum absolute atomic E-state index is 0.0525. The van der Waals surface area contributed by atoms with Gasteiger partial charge in [0.05, 0.1) is 24.6 Å². The fraction of sp³-hybridized carbons (Fsp3) is 0.615. The summed E-state index contributed by atoms with van der Waals surface area (Å²) in [5.74, 6) is -0.0261. The normalized spacial score (nSPS) is 34.4. The maximum absolute atomic E-state index is 11.2. The van der Waals surface area contributed by atoms with Gasteiger partial charge in [-0.3, -0.25) is 4.57 Å². The van der Waals surface area contributed by atoms with Crippen LogP contribution in [0.2, 0.25) is 5.28 Å². The van der Waals surface area contributed by atoms with Crippen LogP contribution in [0.15, 0.2) is 6.33 Å². The summed E-state index contributed by atoms with van der Waals surface area (Å²) < 4.78 is 12.8. The fourth-order valence-electron chi connectivity index (χ4n) is 4.19. The molecule has 0 aromatic carbocycles. The van der Waals surface area contributed by atoms with Gasteiger partial charge < -0.3 is 30.3 Å². The van der Waals surface area contributed by atoms with E-state index in [0.717, 1.165) is 0 Å². The molecule has 0 radical (unpaired) electrons. The van der Waals surface area contributed by atoms with E-state index in [1.54, 1.807) is 4.57 Å². The Morgan fingerprint density at radius 2 is 2.12 bits per heavy atom. The van der Waals surface area contributed by atoms with Crippen molar-refractivity contribution in [3.63, 3.8) is 0 Å². The summed E-state index contributed by atoms with van der Waals surface area (Å²) in [5.41, 5.74) is 5.78. The van der Waals surface area contributed by atoms with Gasteiger partial charge in [0, 0.05) is 5.41 Å². The van der Waals surface area contributed by atoms with Crippen molar-refractivity contribution in [2.45, 2.75) is 31.1 Å². The number of imidazole rings is 1. The zero-order chi connectivity index (χ0) is 18.1. The predicted molar refractivity (Wildman–Crippen MR) is 87.9 cm³/mol.